The fourth-order valence-corrected chi connectivity index (χ4v) is 3.31. The molecule has 0 atom stereocenters. The number of nitrogens with one attached hydrogen (secondary N) is 2. The molecule has 27 heavy (non-hydrogen) atoms. The monoisotopic (exact) mass is 383 g/mol. The minimum atomic E-state index is -0.399. The Labute approximate surface area is 161 Å². The number of carbonyl (C=O) groups is 1. The summed E-state index contributed by atoms with van der Waals surface area (Å²) < 4.78 is 5.34. The molecule has 0 aliphatic heterocycles. The van der Waals surface area contributed by atoms with Crippen molar-refractivity contribution in [2.24, 2.45) is 5.92 Å². The van der Waals surface area contributed by atoms with E-state index < -0.39 is 6.03 Å². The van der Waals surface area contributed by atoms with Crippen LogP contribution >= 0.6 is 11.3 Å². The van der Waals surface area contributed by atoms with E-state index in [0.29, 0.717) is 27.5 Å². The molecule has 2 heterocycles. The van der Waals surface area contributed by atoms with Crippen molar-refractivity contribution < 1.29 is 9.53 Å². The van der Waals surface area contributed by atoms with Gasteiger partial charge in [-0.1, -0.05) is 31.3 Å². The van der Waals surface area contributed by atoms with Crippen molar-refractivity contribution in [3.05, 3.63) is 48.3 Å². The molecule has 3 aromatic rings. The lowest BCUT2D eigenvalue weighted by Gasteiger charge is -2.13. The first-order valence-electron chi connectivity index (χ1n) is 8.54. The topological polar surface area (TPSA) is 89.0 Å². The van der Waals surface area contributed by atoms with E-state index >= 15 is 0 Å². The van der Waals surface area contributed by atoms with Crippen LogP contribution in [0.2, 0.25) is 0 Å². The van der Waals surface area contributed by atoms with Gasteiger partial charge in [0.05, 0.1) is 12.8 Å². The number of pyridine rings is 1. The molecule has 0 spiro atoms. The van der Waals surface area contributed by atoms with E-state index in [1.165, 1.54) is 11.3 Å². The molecule has 2 amide bonds. The molecule has 0 radical (unpaired) electrons. The number of rotatable bonds is 6. The molecule has 7 nitrogen and oxygen atoms in total. The van der Waals surface area contributed by atoms with Crippen LogP contribution in [0.1, 0.15) is 19.4 Å². The van der Waals surface area contributed by atoms with Crippen molar-refractivity contribution in [2.45, 2.75) is 20.3 Å². The Morgan fingerprint density at radius 3 is 2.78 bits per heavy atom. The largest absolute Gasteiger partial charge is 0.495 e. The van der Waals surface area contributed by atoms with Gasteiger partial charge in [0.2, 0.25) is 5.13 Å². The van der Waals surface area contributed by atoms with E-state index in [1.807, 2.05) is 30.3 Å². The number of amides is 2. The van der Waals surface area contributed by atoms with Gasteiger partial charge in [0.25, 0.3) is 0 Å². The predicted octanol–water partition coefficient (Wildman–Crippen LogP) is 4.45. The number of hydrogen-bond donors (Lipinski definition) is 2. The molecule has 0 saturated carbocycles. The fourth-order valence-electron chi connectivity index (χ4n) is 2.58. The van der Waals surface area contributed by atoms with Crippen LogP contribution in [0, 0.1) is 5.92 Å². The van der Waals surface area contributed by atoms with Crippen LogP contribution in [0.3, 0.4) is 0 Å². The third-order valence-corrected chi connectivity index (χ3v) is 4.60. The highest BCUT2D eigenvalue weighted by molar-refractivity contribution is 7.18. The molecule has 0 fully saturated rings. The Morgan fingerprint density at radius 1 is 1.22 bits per heavy atom. The molecule has 0 unspecified atom stereocenters. The number of nitrogens with zero attached hydrogens (tertiary/aromatic N) is 3. The first-order valence-corrected chi connectivity index (χ1v) is 9.35. The van der Waals surface area contributed by atoms with Crippen LogP contribution in [-0.2, 0) is 6.42 Å². The van der Waals surface area contributed by atoms with Crippen molar-refractivity contribution in [1.82, 2.24) is 15.2 Å². The van der Waals surface area contributed by atoms with E-state index in [0.717, 1.165) is 17.5 Å². The Balaban J connectivity index is 1.70. The second-order valence-electron chi connectivity index (χ2n) is 6.37. The lowest BCUT2D eigenvalue weighted by Crippen LogP contribution is -2.20. The summed E-state index contributed by atoms with van der Waals surface area (Å²) in [5.41, 5.74) is 2.60. The van der Waals surface area contributed by atoms with Gasteiger partial charge in [-0.15, -0.1) is 10.2 Å². The summed E-state index contributed by atoms with van der Waals surface area (Å²) in [6.07, 6.45) is 4.32. The standard InChI is InChI=1S/C19H21N5O2S/c1-12(2)9-13-6-7-16(26-3)15(10-13)21-18(25)22-19-24-23-17(27-19)14-5-4-8-20-11-14/h4-8,10-12H,9H2,1-3H3,(H2,21,22,24,25). The quantitative estimate of drug-likeness (QED) is 0.656. The van der Waals surface area contributed by atoms with E-state index in [9.17, 15) is 4.79 Å². The zero-order chi connectivity index (χ0) is 19.2. The third-order valence-electron chi connectivity index (χ3n) is 3.71. The second-order valence-corrected chi connectivity index (χ2v) is 7.34. The van der Waals surface area contributed by atoms with Crippen LogP contribution in [0.5, 0.6) is 5.75 Å². The van der Waals surface area contributed by atoms with Crippen LogP contribution in [0.25, 0.3) is 10.6 Å². The second kappa shape index (κ2) is 8.59. The van der Waals surface area contributed by atoms with Crippen LogP contribution in [-0.4, -0.2) is 28.3 Å². The maximum atomic E-state index is 12.4. The fraction of sp³-hybridized carbons (Fsp3) is 0.263. The zero-order valence-electron chi connectivity index (χ0n) is 15.4. The molecular formula is C19H21N5O2S. The molecule has 0 bridgehead atoms. The average molecular weight is 383 g/mol. The number of carbonyl (C=O) groups excluding carboxylic acids is 1. The van der Waals surface area contributed by atoms with Gasteiger partial charge in [0.15, 0.2) is 5.01 Å². The lowest BCUT2D eigenvalue weighted by molar-refractivity contribution is 0.262. The van der Waals surface area contributed by atoms with Gasteiger partial charge in [0, 0.05) is 18.0 Å². The summed E-state index contributed by atoms with van der Waals surface area (Å²) in [5, 5.41) is 14.7. The first kappa shape index (κ1) is 18.8. The van der Waals surface area contributed by atoms with E-state index in [-0.39, 0.29) is 0 Å². The molecule has 8 heteroatoms. The summed E-state index contributed by atoms with van der Waals surface area (Å²) in [7, 11) is 1.57. The number of methoxy groups -OCH3 is 1. The average Bonchev–Trinajstić information content (AvgIpc) is 3.10. The van der Waals surface area contributed by atoms with Gasteiger partial charge in [-0.05, 0) is 42.2 Å². The highest BCUT2D eigenvalue weighted by Gasteiger charge is 2.13. The van der Waals surface area contributed by atoms with Gasteiger partial charge in [-0.2, -0.15) is 0 Å². The molecule has 2 aromatic heterocycles. The molecule has 3 rings (SSSR count). The Hall–Kier alpha value is -3.00. The number of anilines is 2. The Morgan fingerprint density at radius 2 is 2.07 bits per heavy atom. The summed E-state index contributed by atoms with van der Waals surface area (Å²) in [5.74, 6) is 1.12. The smallest absolute Gasteiger partial charge is 0.325 e. The highest BCUT2D eigenvalue weighted by atomic mass is 32.1. The molecule has 0 aliphatic carbocycles. The minimum absolute atomic E-state index is 0.399. The van der Waals surface area contributed by atoms with Gasteiger partial charge >= 0.3 is 6.03 Å². The summed E-state index contributed by atoms with van der Waals surface area (Å²) >= 11 is 1.28. The SMILES string of the molecule is COc1ccc(CC(C)C)cc1NC(=O)Nc1nnc(-c2cccnc2)s1. The minimum Gasteiger partial charge on any atom is -0.495 e. The maximum absolute atomic E-state index is 12.4. The maximum Gasteiger partial charge on any atom is 0.325 e. The number of urea groups is 1. The van der Waals surface area contributed by atoms with Crippen molar-refractivity contribution >= 4 is 28.2 Å². The number of aromatic nitrogens is 3. The van der Waals surface area contributed by atoms with Gasteiger partial charge < -0.3 is 10.1 Å². The lowest BCUT2D eigenvalue weighted by atomic mass is 10.0. The van der Waals surface area contributed by atoms with Crippen LogP contribution in [0.4, 0.5) is 15.6 Å². The predicted molar refractivity (Wildman–Crippen MR) is 107 cm³/mol. The molecule has 0 aliphatic rings. The van der Waals surface area contributed by atoms with Crippen molar-refractivity contribution in [2.75, 3.05) is 17.7 Å². The Bertz CT molecular complexity index is 911. The molecular weight excluding hydrogens is 362 g/mol. The number of hydrogen-bond acceptors (Lipinski definition) is 6. The Kier molecular flexibility index (Phi) is 5.97. The first-order chi connectivity index (χ1) is 13.0. The van der Waals surface area contributed by atoms with Crippen LogP contribution < -0.4 is 15.4 Å². The summed E-state index contributed by atoms with van der Waals surface area (Å²) in [6.45, 7) is 4.30. The van der Waals surface area contributed by atoms with E-state index in [2.05, 4.69) is 39.7 Å². The van der Waals surface area contributed by atoms with Crippen molar-refractivity contribution in [1.29, 1.82) is 0 Å². The number of ether oxygens (including phenoxy) is 1. The summed E-state index contributed by atoms with van der Waals surface area (Å²) in [4.78, 5) is 16.4. The molecule has 140 valence electrons. The molecule has 0 saturated heterocycles. The normalized spacial score (nSPS) is 10.7. The van der Waals surface area contributed by atoms with E-state index in [4.69, 9.17) is 4.74 Å². The molecule has 2 N–H and O–H groups in total. The summed E-state index contributed by atoms with van der Waals surface area (Å²) in [6, 6.07) is 9.12. The van der Waals surface area contributed by atoms with Crippen molar-refractivity contribution in [3.8, 4) is 16.3 Å². The zero-order valence-corrected chi connectivity index (χ0v) is 16.2. The van der Waals surface area contributed by atoms with E-state index in [1.54, 1.807) is 19.5 Å². The van der Waals surface area contributed by atoms with Crippen molar-refractivity contribution in [3.63, 3.8) is 0 Å². The third kappa shape index (κ3) is 5.01. The van der Waals surface area contributed by atoms with Gasteiger partial charge in [-0.25, -0.2) is 4.79 Å². The van der Waals surface area contributed by atoms with Gasteiger partial charge in [0.1, 0.15) is 5.75 Å². The highest BCUT2D eigenvalue weighted by Crippen LogP contribution is 2.28. The van der Waals surface area contributed by atoms with Gasteiger partial charge in [-0.3, -0.25) is 10.3 Å². The number of benzene rings is 1. The molecule has 1 aromatic carbocycles. The van der Waals surface area contributed by atoms with Crippen LogP contribution in [0.15, 0.2) is 42.7 Å².